The second-order valence-corrected chi connectivity index (χ2v) is 14.3. The monoisotopic (exact) mass is 634 g/mol. The summed E-state index contributed by atoms with van der Waals surface area (Å²) in [5.41, 5.74) is 9.73. The summed E-state index contributed by atoms with van der Waals surface area (Å²) in [6, 6.07) is 14.5. The third-order valence-electron chi connectivity index (χ3n) is 11.1. The number of likely N-dealkylation sites (tertiary alicyclic amines) is 1. The molecule has 2 aromatic rings. The molecule has 2 heterocycles. The molecule has 4 aliphatic rings. The number of nitrogens with one attached hydrogen (secondary N) is 1. The molecule has 1 saturated carbocycles. The van der Waals surface area contributed by atoms with E-state index in [0.717, 1.165) is 30.4 Å². The van der Waals surface area contributed by atoms with Crippen molar-refractivity contribution < 1.29 is 19.1 Å². The van der Waals surface area contributed by atoms with Crippen LogP contribution < -0.4 is 11.1 Å². The van der Waals surface area contributed by atoms with E-state index in [4.69, 9.17) is 22.1 Å². The van der Waals surface area contributed by atoms with Gasteiger partial charge in [0.15, 0.2) is 0 Å². The first-order chi connectivity index (χ1) is 21.7. The SMILES string of the molecule is C[C@H]1COC(=O)N1CC1(C2CCCCC2)CCN(C(=O)[C@@H](Cc2ccc(Cl)cc2)NC(=O)C2CCc3ccccc3C2N)CC1. The Morgan fingerprint density at radius 2 is 1.76 bits per heavy atom. The van der Waals surface area contributed by atoms with Crippen LogP contribution in [-0.2, 0) is 27.2 Å². The summed E-state index contributed by atoms with van der Waals surface area (Å²) in [5, 5.41) is 3.78. The molecule has 0 spiro atoms. The van der Waals surface area contributed by atoms with Crippen LogP contribution in [0.2, 0.25) is 5.02 Å². The van der Waals surface area contributed by atoms with Crippen LogP contribution in [0.4, 0.5) is 4.79 Å². The minimum atomic E-state index is -0.709. The van der Waals surface area contributed by atoms with Gasteiger partial charge in [0.2, 0.25) is 11.8 Å². The van der Waals surface area contributed by atoms with E-state index < -0.39 is 18.0 Å². The molecule has 2 unspecified atom stereocenters. The maximum absolute atomic E-state index is 14.3. The zero-order chi connectivity index (χ0) is 31.6. The number of carbonyl (C=O) groups excluding carboxylic acids is 3. The second-order valence-electron chi connectivity index (χ2n) is 13.8. The molecule has 3 amide bonds. The Hall–Kier alpha value is -3.10. The van der Waals surface area contributed by atoms with Gasteiger partial charge in [0.1, 0.15) is 12.6 Å². The lowest BCUT2D eigenvalue weighted by Gasteiger charge is -2.50. The molecule has 2 aliphatic heterocycles. The quantitative estimate of drug-likeness (QED) is 0.390. The van der Waals surface area contributed by atoms with Crippen LogP contribution in [-0.4, -0.2) is 66.0 Å². The molecule has 242 valence electrons. The van der Waals surface area contributed by atoms with Gasteiger partial charge < -0.3 is 25.6 Å². The number of hydrogen-bond acceptors (Lipinski definition) is 5. The van der Waals surface area contributed by atoms with Gasteiger partial charge in [-0.15, -0.1) is 0 Å². The fourth-order valence-electron chi connectivity index (χ4n) is 8.33. The van der Waals surface area contributed by atoms with E-state index in [1.165, 1.54) is 37.7 Å². The molecule has 0 radical (unpaired) electrons. The second kappa shape index (κ2) is 13.7. The highest BCUT2D eigenvalue weighted by molar-refractivity contribution is 6.30. The fraction of sp³-hybridized carbons (Fsp3) is 0.583. The first kappa shape index (κ1) is 31.9. The molecule has 45 heavy (non-hydrogen) atoms. The summed E-state index contributed by atoms with van der Waals surface area (Å²) in [5.74, 6) is -0.0963. The van der Waals surface area contributed by atoms with Gasteiger partial charge in [-0.2, -0.15) is 0 Å². The number of carbonyl (C=O) groups is 3. The first-order valence-corrected chi connectivity index (χ1v) is 17.2. The molecule has 6 rings (SSSR count). The maximum atomic E-state index is 14.3. The van der Waals surface area contributed by atoms with Gasteiger partial charge in [0.25, 0.3) is 0 Å². The Labute approximate surface area is 272 Å². The predicted molar refractivity (Wildman–Crippen MR) is 175 cm³/mol. The van der Waals surface area contributed by atoms with Gasteiger partial charge >= 0.3 is 6.09 Å². The highest BCUT2D eigenvalue weighted by atomic mass is 35.5. The zero-order valence-corrected chi connectivity index (χ0v) is 27.1. The average molecular weight is 635 g/mol. The van der Waals surface area contributed by atoms with Gasteiger partial charge in [-0.25, -0.2) is 4.79 Å². The molecule has 2 saturated heterocycles. The Balaban J connectivity index is 1.19. The summed E-state index contributed by atoms with van der Waals surface area (Å²) >= 11 is 6.15. The van der Waals surface area contributed by atoms with E-state index in [-0.39, 0.29) is 29.4 Å². The molecule has 0 aromatic heterocycles. The molecular weight excluding hydrogens is 588 g/mol. The van der Waals surface area contributed by atoms with E-state index in [1.807, 2.05) is 52.3 Å². The van der Waals surface area contributed by atoms with Crippen molar-refractivity contribution >= 4 is 29.5 Å². The van der Waals surface area contributed by atoms with Crippen molar-refractivity contribution in [3.63, 3.8) is 0 Å². The van der Waals surface area contributed by atoms with Crippen molar-refractivity contribution in [2.45, 2.75) is 89.3 Å². The first-order valence-electron chi connectivity index (χ1n) is 16.8. The highest BCUT2D eigenvalue weighted by Crippen LogP contribution is 2.47. The number of piperidine rings is 1. The van der Waals surface area contributed by atoms with Crippen molar-refractivity contribution in [3.8, 4) is 0 Å². The lowest BCUT2D eigenvalue weighted by molar-refractivity contribution is -0.140. The van der Waals surface area contributed by atoms with Gasteiger partial charge in [-0.3, -0.25) is 9.59 Å². The third-order valence-corrected chi connectivity index (χ3v) is 11.4. The topological polar surface area (TPSA) is 105 Å². The van der Waals surface area contributed by atoms with E-state index in [9.17, 15) is 14.4 Å². The van der Waals surface area contributed by atoms with Gasteiger partial charge in [-0.05, 0) is 85.6 Å². The average Bonchev–Trinajstić information content (AvgIpc) is 3.38. The van der Waals surface area contributed by atoms with Crippen molar-refractivity contribution in [3.05, 3.63) is 70.2 Å². The minimum Gasteiger partial charge on any atom is -0.447 e. The van der Waals surface area contributed by atoms with Crippen molar-refractivity contribution in [2.24, 2.45) is 23.0 Å². The maximum Gasteiger partial charge on any atom is 0.410 e. The van der Waals surface area contributed by atoms with E-state index >= 15 is 0 Å². The van der Waals surface area contributed by atoms with Gasteiger partial charge in [0.05, 0.1) is 12.0 Å². The van der Waals surface area contributed by atoms with Crippen LogP contribution in [0.3, 0.4) is 0 Å². The molecule has 3 fully saturated rings. The molecule has 4 atom stereocenters. The predicted octanol–water partition coefficient (Wildman–Crippen LogP) is 5.66. The number of cyclic esters (lactones) is 1. The summed E-state index contributed by atoms with van der Waals surface area (Å²) in [6.45, 7) is 4.39. The summed E-state index contributed by atoms with van der Waals surface area (Å²) in [7, 11) is 0. The number of aryl methyl sites for hydroxylation is 1. The van der Waals surface area contributed by atoms with E-state index in [1.54, 1.807) is 0 Å². The number of rotatable bonds is 8. The summed E-state index contributed by atoms with van der Waals surface area (Å²) < 4.78 is 5.39. The Bertz CT molecular complexity index is 1370. The number of nitrogens with two attached hydrogens (primary N) is 1. The number of nitrogens with zero attached hydrogens (tertiary/aromatic N) is 2. The van der Waals surface area contributed by atoms with Crippen molar-refractivity contribution in [1.29, 1.82) is 0 Å². The molecule has 9 heteroatoms. The van der Waals surface area contributed by atoms with Crippen LogP contribution in [0.1, 0.15) is 81.0 Å². The van der Waals surface area contributed by atoms with E-state index in [2.05, 4.69) is 18.3 Å². The lowest BCUT2D eigenvalue weighted by atomic mass is 9.63. The number of benzene rings is 2. The summed E-state index contributed by atoms with van der Waals surface area (Å²) in [4.78, 5) is 44.6. The normalized spacial score (nSPS) is 25.8. The lowest BCUT2D eigenvalue weighted by Crippen LogP contribution is -2.57. The standard InChI is InChI=1S/C36H47ClN4O4/c1-24-22-45-35(44)41(24)23-36(27-8-3-2-4-9-27)17-19-40(20-18-36)34(43)31(21-25-11-14-28(37)15-12-25)39-33(42)30-16-13-26-7-5-6-10-29(26)32(30)38/h5-7,10-12,14-15,24,27,30-32H,2-4,8-9,13,16-23,38H2,1H3,(H,39,42)/t24-,30?,31+,32?/m0/s1. The molecular formula is C36H47ClN4O4. The van der Waals surface area contributed by atoms with Gasteiger partial charge in [-0.1, -0.05) is 67.3 Å². The van der Waals surface area contributed by atoms with Crippen LogP contribution in [0.5, 0.6) is 0 Å². The summed E-state index contributed by atoms with van der Waals surface area (Å²) in [6.07, 6.45) is 9.33. The number of amides is 3. The molecule has 0 bridgehead atoms. The van der Waals surface area contributed by atoms with Crippen LogP contribution >= 0.6 is 11.6 Å². The third kappa shape index (κ3) is 6.87. The fourth-order valence-corrected chi connectivity index (χ4v) is 8.46. The number of hydrogen-bond donors (Lipinski definition) is 2. The number of halogens is 1. The Kier molecular flexibility index (Phi) is 9.71. The van der Waals surface area contributed by atoms with Crippen LogP contribution in [0.15, 0.2) is 48.5 Å². The van der Waals surface area contributed by atoms with Crippen molar-refractivity contribution in [2.75, 3.05) is 26.2 Å². The van der Waals surface area contributed by atoms with Crippen molar-refractivity contribution in [1.82, 2.24) is 15.1 Å². The molecule has 2 aromatic carbocycles. The zero-order valence-electron chi connectivity index (χ0n) is 26.4. The van der Waals surface area contributed by atoms with Crippen LogP contribution in [0.25, 0.3) is 0 Å². The highest BCUT2D eigenvalue weighted by Gasteiger charge is 2.47. The number of fused-ring (bicyclic) bond motifs is 1. The molecule has 8 nitrogen and oxygen atoms in total. The molecule has 3 N–H and O–H groups in total. The van der Waals surface area contributed by atoms with Gasteiger partial charge in [0, 0.05) is 37.1 Å². The minimum absolute atomic E-state index is 0.0357. The van der Waals surface area contributed by atoms with E-state index in [0.29, 0.717) is 50.0 Å². The van der Waals surface area contributed by atoms with Crippen LogP contribution in [0, 0.1) is 17.3 Å². The smallest absolute Gasteiger partial charge is 0.410 e. The largest absolute Gasteiger partial charge is 0.447 e. The molecule has 2 aliphatic carbocycles. The Morgan fingerprint density at radius 3 is 2.44 bits per heavy atom. The number of ether oxygens (including phenoxy) is 1. The Morgan fingerprint density at radius 1 is 1.04 bits per heavy atom.